The summed E-state index contributed by atoms with van der Waals surface area (Å²) in [6.07, 6.45) is -3.04. The molecular weight excluding hydrogens is 193 g/mol. The van der Waals surface area contributed by atoms with Crippen LogP contribution in [0.3, 0.4) is 0 Å². The van der Waals surface area contributed by atoms with Gasteiger partial charge in [-0.3, -0.25) is 4.79 Å². The van der Waals surface area contributed by atoms with Crippen molar-refractivity contribution in [3.8, 4) is 0 Å². The highest BCUT2D eigenvalue weighted by Crippen LogP contribution is 2.19. The third-order valence-electron chi connectivity index (χ3n) is 2.18. The number of benzene rings is 1. The van der Waals surface area contributed by atoms with Crippen LogP contribution in [0.25, 0.3) is 0 Å². The van der Waals surface area contributed by atoms with Gasteiger partial charge in [-0.2, -0.15) is 0 Å². The van der Waals surface area contributed by atoms with Gasteiger partial charge >= 0.3 is 6.43 Å². The molecule has 0 aliphatic rings. The Morgan fingerprint density at radius 3 is 2.29 bits per heavy atom. The zero-order valence-electron chi connectivity index (χ0n) is 7.77. The number of hydrogen-bond acceptors (Lipinski definition) is 1. The average molecular weight is 202 g/mol. The van der Waals surface area contributed by atoms with Gasteiger partial charge in [-0.05, 0) is 37.1 Å². The molecule has 14 heavy (non-hydrogen) atoms. The number of halogens is 3. The summed E-state index contributed by atoms with van der Waals surface area (Å²) in [7, 11) is 0. The van der Waals surface area contributed by atoms with Gasteiger partial charge in [-0.1, -0.05) is 0 Å². The van der Waals surface area contributed by atoms with Crippen LogP contribution in [0.4, 0.5) is 13.2 Å². The number of carbonyl (C=O) groups is 1. The molecule has 0 unspecified atom stereocenters. The molecule has 0 fully saturated rings. The minimum absolute atomic E-state index is 0.112. The molecule has 0 radical (unpaired) electrons. The number of carbonyl (C=O) groups excluding carboxylic acids is 1. The highest BCUT2D eigenvalue weighted by molar-refractivity contribution is 5.99. The number of alkyl halides is 2. The van der Waals surface area contributed by atoms with Gasteiger partial charge in [0.15, 0.2) is 0 Å². The second kappa shape index (κ2) is 3.82. The topological polar surface area (TPSA) is 17.1 Å². The molecule has 0 bridgehead atoms. The molecule has 0 aliphatic carbocycles. The molecule has 1 aromatic rings. The Kier molecular flexibility index (Phi) is 2.93. The molecule has 0 N–H and O–H groups in total. The molecule has 0 atom stereocenters. The molecule has 0 aromatic heterocycles. The number of ketones is 1. The Hall–Kier alpha value is -1.32. The predicted molar refractivity (Wildman–Crippen MR) is 46.2 cm³/mol. The van der Waals surface area contributed by atoms with Crippen molar-refractivity contribution in [2.24, 2.45) is 0 Å². The first kappa shape index (κ1) is 10.8. The van der Waals surface area contributed by atoms with E-state index in [1.165, 1.54) is 13.8 Å². The SMILES string of the molecule is Cc1c(F)ccc(C(=O)C(F)F)c1C. The van der Waals surface area contributed by atoms with E-state index >= 15 is 0 Å². The molecule has 1 aromatic carbocycles. The van der Waals surface area contributed by atoms with E-state index in [4.69, 9.17) is 0 Å². The zero-order chi connectivity index (χ0) is 10.9. The second-order valence-electron chi connectivity index (χ2n) is 3.01. The summed E-state index contributed by atoms with van der Waals surface area (Å²) in [6, 6.07) is 2.12. The average Bonchev–Trinajstić information content (AvgIpc) is 2.13. The summed E-state index contributed by atoms with van der Waals surface area (Å²) < 4.78 is 37.1. The van der Waals surface area contributed by atoms with E-state index in [1.807, 2.05) is 0 Å². The summed E-state index contributed by atoms with van der Waals surface area (Å²) in [5, 5.41) is 0. The van der Waals surface area contributed by atoms with Gasteiger partial charge in [0, 0.05) is 5.56 Å². The Morgan fingerprint density at radius 1 is 1.21 bits per heavy atom. The first-order valence-corrected chi connectivity index (χ1v) is 4.03. The van der Waals surface area contributed by atoms with Crippen molar-refractivity contribution in [1.29, 1.82) is 0 Å². The third-order valence-corrected chi connectivity index (χ3v) is 2.18. The largest absolute Gasteiger partial charge is 0.300 e. The normalized spacial score (nSPS) is 10.7. The van der Waals surface area contributed by atoms with Crippen LogP contribution in [0.1, 0.15) is 21.5 Å². The molecule has 4 heteroatoms. The van der Waals surface area contributed by atoms with E-state index in [9.17, 15) is 18.0 Å². The summed E-state index contributed by atoms with van der Waals surface area (Å²) in [5.41, 5.74) is 0.394. The fraction of sp³-hybridized carbons (Fsp3) is 0.300. The molecule has 1 rings (SSSR count). The first-order chi connectivity index (χ1) is 6.45. The molecule has 0 spiro atoms. The van der Waals surface area contributed by atoms with E-state index < -0.39 is 18.0 Å². The van der Waals surface area contributed by atoms with Crippen LogP contribution in [0, 0.1) is 19.7 Å². The van der Waals surface area contributed by atoms with E-state index in [0.717, 1.165) is 12.1 Å². The Morgan fingerprint density at radius 2 is 1.79 bits per heavy atom. The Balaban J connectivity index is 3.24. The van der Waals surface area contributed by atoms with Gasteiger partial charge in [0.25, 0.3) is 0 Å². The summed E-state index contributed by atoms with van der Waals surface area (Å²) >= 11 is 0. The summed E-state index contributed by atoms with van der Waals surface area (Å²) in [4.78, 5) is 11.0. The van der Waals surface area contributed by atoms with Crippen LogP contribution < -0.4 is 0 Å². The zero-order valence-corrected chi connectivity index (χ0v) is 7.77. The van der Waals surface area contributed by atoms with Crippen molar-refractivity contribution in [2.75, 3.05) is 0 Å². The molecule has 0 amide bonds. The molecule has 0 heterocycles. The lowest BCUT2D eigenvalue weighted by atomic mass is 10.00. The van der Waals surface area contributed by atoms with Crippen molar-refractivity contribution < 1.29 is 18.0 Å². The number of hydrogen-bond donors (Lipinski definition) is 0. The minimum atomic E-state index is -3.04. The van der Waals surface area contributed by atoms with Gasteiger partial charge < -0.3 is 0 Å². The van der Waals surface area contributed by atoms with Gasteiger partial charge in [-0.25, -0.2) is 13.2 Å². The van der Waals surface area contributed by atoms with Crippen molar-refractivity contribution >= 4 is 5.78 Å². The van der Waals surface area contributed by atoms with Gasteiger partial charge in [0.1, 0.15) is 5.82 Å². The lowest BCUT2D eigenvalue weighted by Crippen LogP contribution is -2.12. The second-order valence-corrected chi connectivity index (χ2v) is 3.01. The molecule has 1 nitrogen and oxygen atoms in total. The monoisotopic (exact) mass is 202 g/mol. The van der Waals surface area contributed by atoms with Gasteiger partial charge in [0.05, 0.1) is 0 Å². The Labute approximate surface area is 79.5 Å². The maximum atomic E-state index is 12.9. The number of Topliss-reactive ketones (excluding diaryl/α,β-unsaturated/α-hetero) is 1. The summed E-state index contributed by atoms with van der Waals surface area (Å²) in [5.74, 6) is -1.75. The number of rotatable bonds is 2. The van der Waals surface area contributed by atoms with E-state index in [2.05, 4.69) is 0 Å². The summed E-state index contributed by atoms with van der Waals surface area (Å²) in [6.45, 7) is 2.90. The molecule has 0 aliphatic heterocycles. The van der Waals surface area contributed by atoms with Crippen LogP contribution in [0.2, 0.25) is 0 Å². The molecule has 76 valence electrons. The standard InChI is InChI=1S/C10H9F3O/c1-5-6(2)8(11)4-3-7(5)9(14)10(12)13/h3-4,10H,1-2H3. The third kappa shape index (κ3) is 1.78. The van der Waals surface area contributed by atoms with Crippen LogP contribution in [0.15, 0.2) is 12.1 Å². The quantitative estimate of drug-likeness (QED) is 0.674. The smallest absolute Gasteiger partial charge is 0.288 e. The lowest BCUT2D eigenvalue weighted by molar-refractivity contribution is 0.0678. The maximum Gasteiger partial charge on any atom is 0.300 e. The highest BCUT2D eigenvalue weighted by Gasteiger charge is 2.20. The molecule has 0 saturated carbocycles. The molecule has 0 saturated heterocycles. The van der Waals surface area contributed by atoms with Crippen LogP contribution in [-0.2, 0) is 0 Å². The Bertz CT molecular complexity index is 372. The van der Waals surface area contributed by atoms with Crippen molar-refractivity contribution in [2.45, 2.75) is 20.3 Å². The van der Waals surface area contributed by atoms with Gasteiger partial charge in [0.2, 0.25) is 5.78 Å². The van der Waals surface area contributed by atoms with E-state index in [-0.39, 0.29) is 16.7 Å². The maximum absolute atomic E-state index is 12.9. The van der Waals surface area contributed by atoms with E-state index in [0.29, 0.717) is 0 Å². The highest BCUT2D eigenvalue weighted by atomic mass is 19.3. The first-order valence-electron chi connectivity index (χ1n) is 4.03. The van der Waals surface area contributed by atoms with Crippen molar-refractivity contribution in [1.82, 2.24) is 0 Å². The minimum Gasteiger partial charge on any atom is -0.288 e. The predicted octanol–water partition coefficient (Wildman–Crippen LogP) is 2.89. The lowest BCUT2D eigenvalue weighted by Gasteiger charge is -2.07. The fourth-order valence-corrected chi connectivity index (χ4v) is 1.17. The molecular formula is C10H9F3O. The van der Waals surface area contributed by atoms with Crippen LogP contribution in [0.5, 0.6) is 0 Å². The van der Waals surface area contributed by atoms with Crippen LogP contribution >= 0.6 is 0 Å². The van der Waals surface area contributed by atoms with E-state index in [1.54, 1.807) is 0 Å². The van der Waals surface area contributed by atoms with Crippen molar-refractivity contribution in [3.05, 3.63) is 34.6 Å². The fourth-order valence-electron chi connectivity index (χ4n) is 1.17. The van der Waals surface area contributed by atoms with Crippen LogP contribution in [-0.4, -0.2) is 12.2 Å². The van der Waals surface area contributed by atoms with Crippen molar-refractivity contribution in [3.63, 3.8) is 0 Å². The van der Waals surface area contributed by atoms with Gasteiger partial charge in [-0.15, -0.1) is 0 Å².